The minimum absolute atomic E-state index is 0.162. The molecule has 2 amide bonds. The second-order valence-electron chi connectivity index (χ2n) is 5.54. The fourth-order valence-electron chi connectivity index (χ4n) is 2.23. The standard InChI is InChI=1S/C18H20FN3O2/c1-13(11-14-5-4-6-15(19)12-14)18(24)21-10-8-17(23)22-16-7-2-3-9-20-16/h2-7,9,12-13H,8,10-11H2,1H3,(H,21,24)(H,20,22,23)/t13-/m0/s1. The van der Waals surface area contributed by atoms with E-state index in [1.54, 1.807) is 43.5 Å². The average Bonchev–Trinajstić information content (AvgIpc) is 2.55. The second kappa shape index (κ2) is 8.76. The third-order valence-corrected chi connectivity index (χ3v) is 3.46. The molecule has 5 nitrogen and oxygen atoms in total. The molecule has 0 aliphatic rings. The summed E-state index contributed by atoms with van der Waals surface area (Å²) >= 11 is 0. The lowest BCUT2D eigenvalue weighted by atomic mass is 10.0. The van der Waals surface area contributed by atoms with E-state index in [1.165, 1.54) is 12.1 Å². The highest BCUT2D eigenvalue weighted by atomic mass is 19.1. The van der Waals surface area contributed by atoms with Crippen LogP contribution in [0.2, 0.25) is 0 Å². The zero-order chi connectivity index (χ0) is 17.4. The monoisotopic (exact) mass is 329 g/mol. The molecule has 1 aromatic heterocycles. The molecule has 0 saturated carbocycles. The molecule has 1 atom stereocenters. The van der Waals surface area contributed by atoms with Crippen molar-refractivity contribution in [3.8, 4) is 0 Å². The zero-order valence-corrected chi connectivity index (χ0v) is 13.5. The number of carbonyl (C=O) groups is 2. The molecule has 0 aliphatic carbocycles. The minimum atomic E-state index is -0.314. The Morgan fingerprint density at radius 3 is 2.75 bits per heavy atom. The van der Waals surface area contributed by atoms with E-state index >= 15 is 0 Å². The van der Waals surface area contributed by atoms with Gasteiger partial charge in [0.2, 0.25) is 11.8 Å². The molecule has 2 aromatic rings. The summed E-state index contributed by atoms with van der Waals surface area (Å²) in [5.74, 6) is -0.512. The number of carbonyl (C=O) groups excluding carboxylic acids is 2. The van der Waals surface area contributed by atoms with Crippen molar-refractivity contribution in [3.63, 3.8) is 0 Å². The number of benzene rings is 1. The van der Waals surface area contributed by atoms with E-state index in [0.717, 1.165) is 5.56 Å². The first-order valence-corrected chi connectivity index (χ1v) is 7.77. The van der Waals surface area contributed by atoms with Gasteiger partial charge in [-0.2, -0.15) is 0 Å². The second-order valence-corrected chi connectivity index (χ2v) is 5.54. The topological polar surface area (TPSA) is 71.1 Å². The SMILES string of the molecule is C[C@@H](Cc1cccc(F)c1)C(=O)NCCC(=O)Nc1ccccn1. The van der Waals surface area contributed by atoms with Crippen LogP contribution in [0.3, 0.4) is 0 Å². The fraction of sp³-hybridized carbons (Fsp3) is 0.278. The lowest BCUT2D eigenvalue weighted by Gasteiger charge is -2.12. The van der Waals surface area contributed by atoms with Gasteiger partial charge in [0.1, 0.15) is 11.6 Å². The van der Waals surface area contributed by atoms with Gasteiger partial charge >= 0.3 is 0 Å². The summed E-state index contributed by atoms with van der Waals surface area (Å²) in [6.07, 6.45) is 2.20. The van der Waals surface area contributed by atoms with Crippen LogP contribution in [0, 0.1) is 11.7 Å². The number of amides is 2. The van der Waals surface area contributed by atoms with Crippen molar-refractivity contribution in [1.82, 2.24) is 10.3 Å². The Labute approximate surface area is 140 Å². The molecule has 2 N–H and O–H groups in total. The summed E-state index contributed by atoms with van der Waals surface area (Å²) < 4.78 is 13.1. The van der Waals surface area contributed by atoms with E-state index < -0.39 is 0 Å². The Bertz CT molecular complexity index is 692. The first kappa shape index (κ1) is 17.6. The van der Waals surface area contributed by atoms with Crippen LogP contribution in [-0.4, -0.2) is 23.3 Å². The lowest BCUT2D eigenvalue weighted by Crippen LogP contribution is -2.32. The summed E-state index contributed by atoms with van der Waals surface area (Å²) in [4.78, 5) is 27.8. The van der Waals surface area contributed by atoms with E-state index in [9.17, 15) is 14.0 Å². The summed E-state index contributed by atoms with van der Waals surface area (Å²) in [6, 6.07) is 11.4. The molecule has 0 bridgehead atoms. The van der Waals surface area contributed by atoms with Crippen LogP contribution in [0.1, 0.15) is 18.9 Å². The molecule has 0 fully saturated rings. The number of nitrogens with one attached hydrogen (secondary N) is 2. The Balaban J connectivity index is 1.71. The van der Waals surface area contributed by atoms with Crippen molar-refractivity contribution in [1.29, 1.82) is 0 Å². The number of anilines is 1. The van der Waals surface area contributed by atoms with Crippen molar-refractivity contribution in [2.75, 3.05) is 11.9 Å². The molecular weight excluding hydrogens is 309 g/mol. The van der Waals surface area contributed by atoms with Crippen molar-refractivity contribution in [2.24, 2.45) is 5.92 Å². The largest absolute Gasteiger partial charge is 0.355 e. The van der Waals surface area contributed by atoms with Crippen molar-refractivity contribution in [2.45, 2.75) is 19.8 Å². The number of hydrogen-bond acceptors (Lipinski definition) is 3. The molecule has 1 heterocycles. The van der Waals surface area contributed by atoms with Crippen LogP contribution in [0.25, 0.3) is 0 Å². The van der Waals surface area contributed by atoms with Crippen LogP contribution in [0.5, 0.6) is 0 Å². The molecule has 0 saturated heterocycles. The molecule has 2 rings (SSSR count). The summed E-state index contributed by atoms with van der Waals surface area (Å²) in [7, 11) is 0. The molecule has 0 unspecified atom stereocenters. The number of rotatable bonds is 7. The smallest absolute Gasteiger partial charge is 0.227 e. The van der Waals surface area contributed by atoms with Gasteiger partial charge in [-0.3, -0.25) is 9.59 Å². The van der Waals surface area contributed by atoms with Gasteiger partial charge in [-0.05, 0) is 36.2 Å². The molecule has 6 heteroatoms. The van der Waals surface area contributed by atoms with E-state index in [1.807, 2.05) is 0 Å². The normalized spacial score (nSPS) is 11.6. The van der Waals surface area contributed by atoms with Crippen LogP contribution in [0.15, 0.2) is 48.7 Å². The summed E-state index contributed by atoms with van der Waals surface area (Å²) in [6.45, 7) is 2.01. The zero-order valence-electron chi connectivity index (χ0n) is 13.5. The van der Waals surface area contributed by atoms with Gasteiger partial charge in [0.05, 0.1) is 0 Å². The van der Waals surface area contributed by atoms with E-state index in [4.69, 9.17) is 0 Å². The molecule has 0 aliphatic heterocycles. The van der Waals surface area contributed by atoms with Gasteiger partial charge in [0, 0.05) is 25.1 Å². The van der Waals surface area contributed by atoms with Gasteiger partial charge in [-0.25, -0.2) is 9.37 Å². The van der Waals surface area contributed by atoms with Crippen molar-refractivity contribution < 1.29 is 14.0 Å². The highest BCUT2D eigenvalue weighted by Gasteiger charge is 2.14. The molecular formula is C18H20FN3O2. The van der Waals surface area contributed by atoms with Gasteiger partial charge in [0.15, 0.2) is 0 Å². The quantitative estimate of drug-likeness (QED) is 0.820. The Hall–Kier alpha value is -2.76. The molecule has 1 aromatic carbocycles. The fourth-order valence-corrected chi connectivity index (χ4v) is 2.23. The van der Waals surface area contributed by atoms with Gasteiger partial charge in [0.25, 0.3) is 0 Å². The third kappa shape index (κ3) is 5.79. The Morgan fingerprint density at radius 2 is 2.04 bits per heavy atom. The van der Waals surface area contributed by atoms with E-state index in [0.29, 0.717) is 12.2 Å². The predicted octanol–water partition coefficient (Wildman–Crippen LogP) is 2.54. The Kier molecular flexibility index (Phi) is 6.42. The van der Waals surface area contributed by atoms with Crippen molar-refractivity contribution in [3.05, 3.63) is 60.0 Å². The average molecular weight is 329 g/mol. The lowest BCUT2D eigenvalue weighted by molar-refractivity contribution is -0.124. The van der Waals surface area contributed by atoms with E-state index in [2.05, 4.69) is 15.6 Å². The van der Waals surface area contributed by atoms with Crippen LogP contribution in [-0.2, 0) is 16.0 Å². The molecule has 0 radical (unpaired) electrons. The third-order valence-electron chi connectivity index (χ3n) is 3.46. The maximum atomic E-state index is 13.1. The predicted molar refractivity (Wildman–Crippen MR) is 89.8 cm³/mol. The minimum Gasteiger partial charge on any atom is -0.355 e. The maximum Gasteiger partial charge on any atom is 0.227 e. The summed E-state index contributed by atoms with van der Waals surface area (Å²) in [5.41, 5.74) is 0.769. The van der Waals surface area contributed by atoms with Crippen LogP contribution in [0.4, 0.5) is 10.2 Å². The number of pyridine rings is 1. The molecule has 24 heavy (non-hydrogen) atoms. The number of aromatic nitrogens is 1. The summed E-state index contributed by atoms with van der Waals surface area (Å²) in [5, 5.41) is 5.37. The van der Waals surface area contributed by atoms with Crippen LogP contribution < -0.4 is 10.6 Å². The highest BCUT2D eigenvalue weighted by molar-refractivity contribution is 5.90. The molecule has 126 valence electrons. The number of halogens is 1. The number of nitrogens with zero attached hydrogens (tertiary/aromatic N) is 1. The first-order valence-electron chi connectivity index (χ1n) is 7.77. The maximum absolute atomic E-state index is 13.1. The van der Waals surface area contributed by atoms with Gasteiger partial charge in [-0.1, -0.05) is 25.1 Å². The van der Waals surface area contributed by atoms with Crippen LogP contribution >= 0.6 is 0 Å². The number of hydrogen-bond donors (Lipinski definition) is 2. The van der Waals surface area contributed by atoms with Crippen molar-refractivity contribution >= 4 is 17.6 Å². The first-order chi connectivity index (χ1) is 11.5. The highest BCUT2D eigenvalue weighted by Crippen LogP contribution is 2.10. The molecule has 0 spiro atoms. The van der Waals surface area contributed by atoms with Gasteiger partial charge < -0.3 is 10.6 Å². The van der Waals surface area contributed by atoms with E-state index in [-0.39, 0.29) is 36.5 Å². The Morgan fingerprint density at radius 1 is 1.21 bits per heavy atom. The van der Waals surface area contributed by atoms with Gasteiger partial charge in [-0.15, -0.1) is 0 Å².